The van der Waals surface area contributed by atoms with Crippen LogP contribution < -0.4 is 5.73 Å². The highest BCUT2D eigenvalue weighted by atomic mass is 35.5. The monoisotopic (exact) mass is 230 g/mol. The number of nitro benzene ring substituents is 1. The molecule has 0 saturated carbocycles. The maximum Gasteiger partial charge on any atom is 0.271 e. The van der Waals surface area contributed by atoms with E-state index in [0.717, 1.165) is 5.56 Å². The van der Waals surface area contributed by atoms with Crippen molar-refractivity contribution in [3.8, 4) is 0 Å². The Labute approximate surface area is 95.0 Å². The molecule has 0 atom stereocenters. The van der Waals surface area contributed by atoms with Gasteiger partial charge in [0.05, 0.1) is 4.92 Å². The summed E-state index contributed by atoms with van der Waals surface area (Å²) in [6.07, 6.45) is 0. The van der Waals surface area contributed by atoms with Gasteiger partial charge in [-0.05, 0) is 17.0 Å². The number of hydrogen-bond donors (Lipinski definition) is 1. The van der Waals surface area contributed by atoms with Crippen molar-refractivity contribution in [2.45, 2.75) is 26.2 Å². The van der Waals surface area contributed by atoms with Crippen molar-refractivity contribution in [3.05, 3.63) is 33.9 Å². The number of nitrogen functional groups attached to an aromatic ring is 1. The van der Waals surface area contributed by atoms with E-state index in [4.69, 9.17) is 5.73 Å². The molecule has 2 N–H and O–H groups in total. The molecule has 0 saturated heterocycles. The van der Waals surface area contributed by atoms with Crippen LogP contribution in [0.1, 0.15) is 26.3 Å². The lowest BCUT2D eigenvalue weighted by Gasteiger charge is -2.18. The zero-order valence-electron chi connectivity index (χ0n) is 8.98. The summed E-state index contributed by atoms with van der Waals surface area (Å²) in [6, 6.07) is 4.71. The highest BCUT2D eigenvalue weighted by Gasteiger charge is 2.18. The number of benzene rings is 1. The number of halogens is 1. The molecule has 84 valence electrons. The van der Waals surface area contributed by atoms with Crippen molar-refractivity contribution >= 4 is 23.8 Å². The Balaban J connectivity index is 0.00000196. The van der Waals surface area contributed by atoms with Crippen LogP contribution >= 0.6 is 12.4 Å². The molecule has 0 aliphatic carbocycles. The first-order valence-electron chi connectivity index (χ1n) is 4.36. The van der Waals surface area contributed by atoms with E-state index in [2.05, 4.69) is 0 Å². The minimum absolute atomic E-state index is 0. The van der Waals surface area contributed by atoms with E-state index in [0.29, 0.717) is 5.69 Å². The third kappa shape index (κ3) is 3.40. The van der Waals surface area contributed by atoms with Crippen molar-refractivity contribution in [3.63, 3.8) is 0 Å². The van der Waals surface area contributed by atoms with Crippen LogP contribution in [0.2, 0.25) is 0 Å². The molecule has 0 amide bonds. The topological polar surface area (TPSA) is 69.2 Å². The number of nitro groups is 1. The second kappa shape index (κ2) is 4.49. The van der Waals surface area contributed by atoms with Crippen LogP contribution in [0, 0.1) is 10.1 Å². The Bertz CT molecular complexity index is 372. The molecule has 0 aliphatic heterocycles. The van der Waals surface area contributed by atoms with Gasteiger partial charge in [0.25, 0.3) is 5.69 Å². The SMILES string of the molecule is CC(C)(C)c1cc(N)cc([N+](=O)[O-])c1.Cl. The molecule has 15 heavy (non-hydrogen) atoms. The maximum atomic E-state index is 10.6. The minimum Gasteiger partial charge on any atom is -0.399 e. The standard InChI is InChI=1S/C10H14N2O2.ClH/c1-10(2,3)7-4-8(11)6-9(5-7)12(13)14;/h4-6H,11H2,1-3H3;1H. The van der Waals surface area contributed by atoms with Crippen LogP contribution in [0.5, 0.6) is 0 Å². The average molecular weight is 231 g/mol. The summed E-state index contributed by atoms with van der Waals surface area (Å²) in [5.74, 6) is 0. The molecule has 0 unspecified atom stereocenters. The number of nitrogens with two attached hydrogens (primary N) is 1. The first-order chi connectivity index (χ1) is 6.30. The summed E-state index contributed by atoms with van der Waals surface area (Å²) in [7, 11) is 0. The lowest BCUT2D eigenvalue weighted by atomic mass is 9.86. The van der Waals surface area contributed by atoms with Gasteiger partial charge in [0.1, 0.15) is 0 Å². The van der Waals surface area contributed by atoms with E-state index in [1.54, 1.807) is 12.1 Å². The molecule has 0 heterocycles. The van der Waals surface area contributed by atoms with E-state index >= 15 is 0 Å². The lowest BCUT2D eigenvalue weighted by molar-refractivity contribution is -0.384. The van der Waals surface area contributed by atoms with Gasteiger partial charge >= 0.3 is 0 Å². The van der Waals surface area contributed by atoms with Gasteiger partial charge in [0, 0.05) is 17.8 Å². The van der Waals surface area contributed by atoms with Crippen LogP contribution in [0.15, 0.2) is 18.2 Å². The molecular formula is C10H15ClN2O2. The highest BCUT2D eigenvalue weighted by Crippen LogP contribution is 2.28. The number of hydrogen-bond acceptors (Lipinski definition) is 3. The van der Waals surface area contributed by atoms with E-state index in [1.807, 2.05) is 20.8 Å². The zero-order valence-corrected chi connectivity index (χ0v) is 9.80. The Hall–Kier alpha value is -1.29. The summed E-state index contributed by atoms with van der Waals surface area (Å²) in [4.78, 5) is 10.2. The van der Waals surface area contributed by atoms with Gasteiger partial charge in [-0.2, -0.15) is 0 Å². The van der Waals surface area contributed by atoms with Gasteiger partial charge in [-0.1, -0.05) is 20.8 Å². The van der Waals surface area contributed by atoms with Crippen molar-refractivity contribution in [2.75, 3.05) is 5.73 Å². The van der Waals surface area contributed by atoms with Crippen LogP contribution in [-0.2, 0) is 5.41 Å². The second-order valence-electron chi connectivity index (χ2n) is 4.32. The first-order valence-corrected chi connectivity index (χ1v) is 4.36. The molecule has 0 aliphatic rings. The Morgan fingerprint density at radius 3 is 2.20 bits per heavy atom. The fourth-order valence-corrected chi connectivity index (χ4v) is 1.17. The molecule has 1 aromatic carbocycles. The number of anilines is 1. The van der Waals surface area contributed by atoms with Crippen molar-refractivity contribution in [2.24, 2.45) is 0 Å². The van der Waals surface area contributed by atoms with E-state index in [1.165, 1.54) is 6.07 Å². The largest absolute Gasteiger partial charge is 0.399 e. The third-order valence-electron chi connectivity index (χ3n) is 2.02. The summed E-state index contributed by atoms with van der Waals surface area (Å²) < 4.78 is 0. The second-order valence-corrected chi connectivity index (χ2v) is 4.32. The van der Waals surface area contributed by atoms with Gasteiger partial charge in [0.2, 0.25) is 0 Å². The van der Waals surface area contributed by atoms with Gasteiger partial charge in [-0.25, -0.2) is 0 Å². The molecule has 1 aromatic rings. The van der Waals surface area contributed by atoms with Crippen molar-refractivity contribution < 1.29 is 4.92 Å². The number of non-ortho nitro benzene ring substituents is 1. The molecule has 0 fully saturated rings. The zero-order chi connectivity index (χ0) is 10.9. The van der Waals surface area contributed by atoms with Crippen LogP contribution in [0.3, 0.4) is 0 Å². The molecule has 0 radical (unpaired) electrons. The fraction of sp³-hybridized carbons (Fsp3) is 0.400. The Morgan fingerprint density at radius 2 is 1.80 bits per heavy atom. The number of nitrogens with zero attached hydrogens (tertiary/aromatic N) is 1. The predicted octanol–water partition coefficient (Wildman–Crippen LogP) is 2.90. The van der Waals surface area contributed by atoms with Crippen LogP contribution in [0.25, 0.3) is 0 Å². The van der Waals surface area contributed by atoms with Gasteiger partial charge < -0.3 is 5.73 Å². The number of rotatable bonds is 1. The lowest BCUT2D eigenvalue weighted by Crippen LogP contribution is -2.11. The quantitative estimate of drug-likeness (QED) is 0.458. The van der Waals surface area contributed by atoms with Crippen molar-refractivity contribution in [1.29, 1.82) is 0 Å². The Morgan fingerprint density at radius 1 is 1.27 bits per heavy atom. The predicted molar refractivity (Wildman–Crippen MR) is 63.5 cm³/mol. The molecule has 0 aromatic heterocycles. The van der Waals surface area contributed by atoms with Crippen molar-refractivity contribution in [1.82, 2.24) is 0 Å². The van der Waals surface area contributed by atoms with E-state index < -0.39 is 4.92 Å². The molecule has 0 bridgehead atoms. The maximum absolute atomic E-state index is 10.6. The smallest absolute Gasteiger partial charge is 0.271 e. The summed E-state index contributed by atoms with van der Waals surface area (Å²) in [6.45, 7) is 5.97. The molecule has 0 spiro atoms. The highest BCUT2D eigenvalue weighted by molar-refractivity contribution is 5.85. The molecule has 5 heteroatoms. The van der Waals surface area contributed by atoms with Gasteiger partial charge in [-0.15, -0.1) is 12.4 Å². The van der Waals surface area contributed by atoms with Crippen LogP contribution in [0.4, 0.5) is 11.4 Å². The summed E-state index contributed by atoms with van der Waals surface area (Å²) >= 11 is 0. The van der Waals surface area contributed by atoms with E-state index in [-0.39, 0.29) is 23.5 Å². The van der Waals surface area contributed by atoms with Gasteiger partial charge in [0.15, 0.2) is 0 Å². The minimum atomic E-state index is -0.425. The first kappa shape index (κ1) is 13.7. The third-order valence-corrected chi connectivity index (χ3v) is 2.02. The fourth-order valence-electron chi connectivity index (χ4n) is 1.17. The average Bonchev–Trinajstić information content (AvgIpc) is 2.01. The summed E-state index contributed by atoms with van der Waals surface area (Å²) in [5.41, 5.74) is 6.83. The molecular weight excluding hydrogens is 216 g/mol. The van der Waals surface area contributed by atoms with Gasteiger partial charge in [-0.3, -0.25) is 10.1 Å². The summed E-state index contributed by atoms with van der Waals surface area (Å²) in [5, 5.41) is 10.6. The van der Waals surface area contributed by atoms with Crippen LogP contribution in [-0.4, -0.2) is 4.92 Å². The molecule has 1 rings (SSSR count). The van der Waals surface area contributed by atoms with E-state index in [9.17, 15) is 10.1 Å². The molecule has 4 nitrogen and oxygen atoms in total. The Kier molecular flexibility index (Phi) is 4.10. The normalized spacial score (nSPS) is 10.6.